The van der Waals surface area contributed by atoms with E-state index in [9.17, 15) is 14.9 Å². The van der Waals surface area contributed by atoms with Crippen LogP contribution in [0.1, 0.15) is 0 Å². The number of thioether (sulfide) groups is 1. The molecule has 3 rings (SSSR count). The number of amides is 1. The Morgan fingerprint density at radius 3 is 2.74 bits per heavy atom. The van der Waals surface area contributed by atoms with Gasteiger partial charge in [0.25, 0.3) is 5.69 Å². The maximum atomic E-state index is 12.2. The van der Waals surface area contributed by atoms with Gasteiger partial charge in [-0.15, -0.1) is 10.2 Å². The van der Waals surface area contributed by atoms with Crippen LogP contribution in [0.25, 0.3) is 11.4 Å². The number of carbonyl (C=O) groups excluding carboxylic acids is 1. The number of anilines is 1. The van der Waals surface area contributed by atoms with Gasteiger partial charge in [-0.3, -0.25) is 19.9 Å². The van der Waals surface area contributed by atoms with Crippen LogP contribution in [0.15, 0.2) is 47.9 Å². The summed E-state index contributed by atoms with van der Waals surface area (Å²) in [5.41, 5.74) is 0.679. The molecular formula is C16H13ClN6O3S. The molecule has 0 aliphatic heterocycles. The van der Waals surface area contributed by atoms with Gasteiger partial charge in [-0.2, -0.15) is 0 Å². The molecule has 0 saturated heterocycles. The summed E-state index contributed by atoms with van der Waals surface area (Å²) in [6.07, 6.45) is 3.31. The van der Waals surface area contributed by atoms with E-state index in [4.69, 9.17) is 11.6 Å². The van der Waals surface area contributed by atoms with E-state index < -0.39 is 10.8 Å². The van der Waals surface area contributed by atoms with E-state index in [2.05, 4.69) is 20.5 Å². The molecule has 3 aromatic rings. The van der Waals surface area contributed by atoms with Crippen molar-refractivity contribution in [3.8, 4) is 11.4 Å². The number of nitrogens with one attached hydrogen (secondary N) is 1. The highest BCUT2D eigenvalue weighted by atomic mass is 35.5. The minimum absolute atomic E-state index is 0.0160. The van der Waals surface area contributed by atoms with Crippen molar-refractivity contribution in [2.75, 3.05) is 11.1 Å². The number of aromatic nitrogens is 4. The quantitative estimate of drug-likeness (QED) is 0.381. The fourth-order valence-electron chi connectivity index (χ4n) is 2.27. The average Bonchev–Trinajstić information content (AvgIpc) is 3.02. The van der Waals surface area contributed by atoms with Crippen molar-refractivity contribution in [1.82, 2.24) is 19.7 Å². The van der Waals surface area contributed by atoms with Gasteiger partial charge in [0, 0.05) is 36.1 Å². The van der Waals surface area contributed by atoms with E-state index in [0.29, 0.717) is 11.0 Å². The van der Waals surface area contributed by atoms with Crippen molar-refractivity contribution in [2.24, 2.45) is 7.05 Å². The Balaban J connectivity index is 1.67. The second kappa shape index (κ2) is 8.14. The molecule has 0 unspecified atom stereocenters. The van der Waals surface area contributed by atoms with Gasteiger partial charge < -0.3 is 9.88 Å². The molecule has 11 heteroatoms. The predicted molar refractivity (Wildman–Crippen MR) is 102 cm³/mol. The number of halogens is 1. The number of hydrogen-bond donors (Lipinski definition) is 1. The second-order valence-corrected chi connectivity index (χ2v) is 6.74. The van der Waals surface area contributed by atoms with Crippen molar-refractivity contribution in [3.63, 3.8) is 0 Å². The first-order valence-corrected chi connectivity index (χ1v) is 8.98. The van der Waals surface area contributed by atoms with Gasteiger partial charge in [0.1, 0.15) is 5.69 Å². The molecule has 1 aromatic carbocycles. The largest absolute Gasteiger partial charge is 0.320 e. The molecule has 0 aliphatic rings. The molecule has 1 amide bonds. The van der Waals surface area contributed by atoms with Crippen LogP contribution in [0.5, 0.6) is 0 Å². The van der Waals surface area contributed by atoms with Crippen molar-refractivity contribution in [2.45, 2.75) is 5.16 Å². The van der Waals surface area contributed by atoms with Crippen LogP contribution < -0.4 is 5.32 Å². The number of carbonyl (C=O) groups is 1. The first-order chi connectivity index (χ1) is 13.0. The standard InChI is InChI=1S/C16H13ClN6O3S/c1-22-15(10-4-6-18-7-5-10)20-21-16(22)27-9-14(24)19-12-3-2-11(17)8-13(12)23(25)26/h2-8H,9H2,1H3,(H,19,24). The Bertz CT molecular complexity index is 995. The lowest BCUT2D eigenvalue weighted by Gasteiger charge is -2.06. The van der Waals surface area contributed by atoms with Crippen molar-refractivity contribution >= 4 is 40.6 Å². The normalized spacial score (nSPS) is 10.6. The third-order valence-electron chi connectivity index (χ3n) is 3.54. The molecule has 0 fully saturated rings. The molecule has 0 radical (unpaired) electrons. The summed E-state index contributed by atoms with van der Waals surface area (Å²) in [6.45, 7) is 0. The van der Waals surface area contributed by atoms with Gasteiger partial charge in [0.05, 0.1) is 10.7 Å². The number of nitrogens with zero attached hydrogens (tertiary/aromatic N) is 5. The summed E-state index contributed by atoms with van der Waals surface area (Å²) in [4.78, 5) is 26.6. The molecule has 2 heterocycles. The second-order valence-electron chi connectivity index (χ2n) is 5.36. The Kier molecular flexibility index (Phi) is 5.67. The van der Waals surface area contributed by atoms with E-state index in [1.165, 1.54) is 30.0 Å². The van der Waals surface area contributed by atoms with Gasteiger partial charge in [-0.05, 0) is 24.3 Å². The zero-order valence-corrected chi connectivity index (χ0v) is 15.6. The number of nitro benzene ring substituents is 1. The minimum atomic E-state index is -0.599. The molecular weight excluding hydrogens is 392 g/mol. The molecule has 2 aromatic heterocycles. The molecule has 138 valence electrons. The summed E-state index contributed by atoms with van der Waals surface area (Å²) >= 11 is 6.94. The summed E-state index contributed by atoms with van der Waals surface area (Å²) in [5.74, 6) is 0.259. The number of hydrogen-bond acceptors (Lipinski definition) is 7. The third kappa shape index (κ3) is 4.41. The molecule has 1 N–H and O–H groups in total. The number of pyridine rings is 1. The predicted octanol–water partition coefficient (Wildman–Crippen LogP) is 3.17. The highest BCUT2D eigenvalue weighted by molar-refractivity contribution is 7.99. The highest BCUT2D eigenvalue weighted by Gasteiger charge is 2.18. The van der Waals surface area contributed by atoms with E-state index in [0.717, 1.165) is 5.56 Å². The van der Waals surface area contributed by atoms with Crippen LogP contribution in [0.4, 0.5) is 11.4 Å². The Morgan fingerprint density at radius 2 is 2.04 bits per heavy atom. The van der Waals surface area contributed by atoms with Crippen molar-refractivity contribution in [3.05, 3.63) is 57.9 Å². The minimum Gasteiger partial charge on any atom is -0.320 e. The van der Waals surface area contributed by atoms with E-state index in [1.807, 2.05) is 12.1 Å². The van der Waals surface area contributed by atoms with Crippen molar-refractivity contribution < 1.29 is 9.72 Å². The van der Waals surface area contributed by atoms with E-state index >= 15 is 0 Å². The zero-order chi connectivity index (χ0) is 19.4. The fourth-order valence-corrected chi connectivity index (χ4v) is 3.15. The van der Waals surface area contributed by atoms with Crippen LogP contribution in [0.3, 0.4) is 0 Å². The Morgan fingerprint density at radius 1 is 1.30 bits per heavy atom. The zero-order valence-electron chi connectivity index (χ0n) is 14.0. The molecule has 0 bridgehead atoms. The van der Waals surface area contributed by atoms with E-state index in [1.54, 1.807) is 24.0 Å². The van der Waals surface area contributed by atoms with Gasteiger partial charge in [-0.25, -0.2) is 0 Å². The molecule has 27 heavy (non-hydrogen) atoms. The highest BCUT2D eigenvalue weighted by Crippen LogP contribution is 2.28. The molecule has 0 saturated carbocycles. The van der Waals surface area contributed by atoms with Crippen molar-refractivity contribution in [1.29, 1.82) is 0 Å². The van der Waals surface area contributed by atoms with E-state index in [-0.39, 0.29) is 22.2 Å². The first kappa shape index (κ1) is 18.8. The third-order valence-corrected chi connectivity index (χ3v) is 4.79. The topological polar surface area (TPSA) is 116 Å². The lowest BCUT2D eigenvalue weighted by Crippen LogP contribution is -2.15. The van der Waals surface area contributed by atoms with Gasteiger partial charge >= 0.3 is 0 Å². The molecule has 0 atom stereocenters. The Labute approximate surface area is 162 Å². The Hall–Kier alpha value is -2.98. The molecule has 0 aliphatic carbocycles. The average molecular weight is 405 g/mol. The van der Waals surface area contributed by atoms with Crippen LogP contribution >= 0.6 is 23.4 Å². The summed E-state index contributed by atoms with van der Waals surface area (Å²) < 4.78 is 1.76. The maximum absolute atomic E-state index is 12.2. The number of rotatable bonds is 6. The van der Waals surface area contributed by atoms with Gasteiger partial charge in [-0.1, -0.05) is 23.4 Å². The maximum Gasteiger partial charge on any atom is 0.294 e. The lowest BCUT2D eigenvalue weighted by atomic mass is 10.2. The molecule has 9 nitrogen and oxygen atoms in total. The van der Waals surface area contributed by atoms with Crippen LogP contribution in [-0.2, 0) is 11.8 Å². The van der Waals surface area contributed by atoms with Crippen LogP contribution in [-0.4, -0.2) is 36.3 Å². The van der Waals surface area contributed by atoms with Gasteiger partial charge in [0.15, 0.2) is 11.0 Å². The number of nitro groups is 1. The lowest BCUT2D eigenvalue weighted by molar-refractivity contribution is -0.383. The summed E-state index contributed by atoms with van der Waals surface area (Å²) in [7, 11) is 1.79. The van der Waals surface area contributed by atoms with Gasteiger partial charge in [0.2, 0.25) is 5.91 Å². The SMILES string of the molecule is Cn1c(SCC(=O)Nc2ccc(Cl)cc2[N+](=O)[O-])nnc1-c1ccncc1. The smallest absolute Gasteiger partial charge is 0.294 e. The fraction of sp³-hybridized carbons (Fsp3) is 0.125. The van der Waals surface area contributed by atoms with Crippen LogP contribution in [0.2, 0.25) is 5.02 Å². The number of benzene rings is 1. The molecule has 0 spiro atoms. The monoisotopic (exact) mass is 404 g/mol. The summed E-state index contributed by atoms with van der Waals surface area (Å²) in [5, 5.41) is 22.6. The van der Waals surface area contributed by atoms with Crippen LogP contribution in [0, 0.1) is 10.1 Å². The summed E-state index contributed by atoms with van der Waals surface area (Å²) in [6, 6.07) is 7.68. The first-order valence-electron chi connectivity index (χ1n) is 7.62.